The zero-order valence-corrected chi connectivity index (χ0v) is 11.6. The minimum Gasteiger partial charge on any atom is -0.376 e. The first kappa shape index (κ1) is 19.4. The van der Waals surface area contributed by atoms with Gasteiger partial charge in [-0.3, -0.25) is 4.55 Å². The number of alkyl halides is 6. The molecule has 4 nitrogen and oxygen atoms in total. The molecule has 11 heteroatoms. The van der Waals surface area contributed by atoms with Crippen molar-refractivity contribution in [1.29, 1.82) is 0 Å². The Morgan fingerprint density at radius 2 is 1.40 bits per heavy atom. The lowest BCUT2D eigenvalue weighted by Gasteiger charge is -2.31. The van der Waals surface area contributed by atoms with Gasteiger partial charge in [-0.05, 0) is 20.8 Å². The summed E-state index contributed by atoms with van der Waals surface area (Å²) in [5.74, 6) is -11.7. The van der Waals surface area contributed by atoms with E-state index in [4.69, 9.17) is 4.55 Å². The average molecular weight is 332 g/mol. The van der Waals surface area contributed by atoms with Crippen molar-refractivity contribution in [2.75, 3.05) is 6.61 Å². The van der Waals surface area contributed by atoms with E-state index in [0.29, 0.717) is 0 Å². The van der Waals surface area contributed by atoms with Crippen LogP contribution in [-0.2, 0) is 14.9 Å². The van der Waals surface area contributed by atoms with E-state index in [1.807, 2.05) is 0 Å². The Bertz CT molecular complexity index is 440. The summed E-state index contributed by atoms with van der Waals surface area (Å²) >= 11 is 0. The molecule has 0 rings (SSSR count). The monoisotopic (exact) mass is 332 g/mol. The molecule has 0 spiro atoms. The second kappa shape index (κ2) is 5.34. The largest absolute Gasteiger partial charge is 0.437 e. The van der Waals surface area contributed by atoms with Crippen LogP contribution in [0.15, 0.2) is 0 Å². The Balaban J connectivity index is 5.18. The summed E-state index contributed by atoms with van der Waals surface area (Å²) in [7, 11) is -6.70. The summed E-state index contributed by atoms with van der Waals surface area (Å²) in [6, 6.07) is 0. The molecule has 0 radical (unpaired) electrons. The molecule has 0 aromatic rings. The number of halogens is 6. The highest BCUT2D eigenvalue weighted by molar-refractivity contribution is 7.87. The van der Waals surface area contributed by atoms with Gasteiger partial charge in [0.15, 0.2) is 0 Å². The van der Waals surface area contributed by atoms with Crippen LogP contribution in [0.2, 0.25) is 0 Å². The van der Waals surface area contributed by atoms with Gasteiger partial charge in [0, 0.05) is 6.42 Å². The van der Waals surface area contributed by atoms with E-state index in [9.17, 15) is 34.8 Å². The summed E-state index contributed by atoms with van der Waals surface area (Å²) < 4.78 is 111. The van der Waals surface area contributed by atoms with Crippen LogP contribution >= 0.6 is 0 Å². The van der Waals surface area contributed by atoms with Crippen molar-refractivity contribution in [3.8, 4) is 0 Å². The van der Waals surface area contributed by atoms with Gasteiger partial charge < -0.3 is 4.74 Å². The van der Waals surface area contributed by atoms with Crippen LogP contribution in [0.25, 0.3) is 0 Å². The van der Waals surface area contributed by atoms with Crippen molar-refractivity contribution < 1.29 is 44.0 Å². The van der Waals surface area contributed by atoms with Crippen molar-refractivity contribution >= 4 is 10.1 Å². The molecule has 0 bridgehead atoms. The molecule has 1 N–H and O–H groups in total. The highest BCUT2D eigenvalue weighted by Gasteiger charge is 2.77. The van der Waals surface area contributed by atoms with Crippen molar-refractivity contribution in [3.05, 3.63) is 0 Å². The van der Waals surface area contributed by atoms with E-state index in [0.717, 1.165) is 0 Å². The van der Waals surface area contributed by atoms with Gasteiger partial charge in [0.1, 0.15) is 0 Å². The highest BCUT2D eigenvalue weighted by atomic mass is 32.2. The van der Waals surface area contributed by atoms with E-state index in [-0.39, 0.29) is 0 Å². The summed E-state index contributed by atoms with van der Waals surface area (Å²) in [5, 5.41) is -6.31. The molecule has 0 amide bonds. The molecule has 0 aliphatic carbocycles. The van der Waals surface area contributed by atoms with Gasteiger partial charge in [0.25, 0.3) is 0 Å². The maximum atomic E-state index is 13.1. The zero-order chi connectivity index (χ0) is 16.6. The van der Waals surface area contributed by atoms with Gasteiger partial charge in [0.2, 0.25) is 0 Å². The van der Waals surface area contributed by atoms with Crippen molar-refractivity contribution in [1.82, 2.24) is 0 Å². The number of hydrogen-bond acceptors (Lipinski definition) is 3. The summed E-state index contributed by atoms with van der Waals surface area (Å²) in [4.78, 5) is 0. The molecule has 20 heavy (non-hydrogen) atoms. The molecule has 0 aliphatic rings. The molecule has 0 saturated carbocycles. The maximum Gasteiger partial charge on any atom is 0.437 e. The molecule has 0 aliphatic heterocycles. The quantitative estimate of drug-likeness (QED) is 0.600. The molecule has 0 aromatic carbocycles. The number of hydrogen-bond donors (Lipinski definition) is 1. The third-order valence-corrected chi connectivity index (χ3v) is 3.00. The van der Waals surface area contributed by atoms with E-state index < -0.39 is 45.8 Å². The molecule has 0 fully saturated rings. The maximum absolute atomic E-state index is 13.1. The van der Waals surface area contributed by atoms with Crippen LogP contribution < -0.4 is 0 Å². The van der Waals surface area contributed by atoms with E-state index >= 15 is 0 Å². The topological polar surface area (TPSA) is 63.6 Å². The van der Waals surface area contributed by atoms with Crippen LogP contribution in [0.1, 0.15) is 27.2 Å². The number of ether oxygens (including phenoxy) is 1. The van der Waals surface area contributed by atoms with Crippen LogP contribution in [0.5, 0.6) is 0 Å². The van der Waals surface area contributed by atoms with Gasteiger partial charge in [0.05, 0.1) is 12.2 Å². The second-order valence-electron chi connectivity index (χ2n) is 4.98. The first-order valence-electron chi connectivity index (χ1n) is 5.20. The van der Waals surface area contributed by atoms with E-state index in [1.165, 1.54) is 20.8 Å². The lowest BCUT2D eigenvalue weighted by atomic mass is 10.1. The Hall–Kier alpha value is -0.550. The summed E-state index contributed by atoms with van der Waals surface area (Å²) in [6.07, 6.45) is -1.84. The molecule has 0 aromatic heterocycles. The predicted octanol–water partition coefficient (Wildman–Crippen LogP) is 2.94. The highest BCUT2D eigenvalue weighted by Crippen LogP contribution is 2.49. The van der Waals surface area contributed by atoms with Gasteiger partial charge in [-0.1, -0.05) is 0 Å². The minimum atomic E-state index is -6.70. The fraction of sp³-hybridized carbons (Fsp3) is 1.00. The van der Waals surface area contributed by atoms with Gasteiger partial charge in [-0.15, -0.1) is 0 Å². The first-order chi connectivity index (χ1) is 8.46. The second-order valence-corrected chi connectivity index (χ2v) is 6.44. The third-order valence-electron chi connectivity index (χ3n) is 2.10. The molecule has 0 unspecified atom stereocenters. The SMILES string of the molecule is CC(C)(C)OCCC(F)(F)C(F)(F)C(F)(F)S(=O)(=O)O. The molecule has 0 saturated heterocycles. The van der Waals surface area contributed by atoms with Crippen LogP contribution in [0.4, 0.5) is 26.3 Å². The standard InChI is InChI=1S/C9H14F6O4S/c1-6(2,3)19-5-4-7(10,11)8(12,13)9(14,15)20(16,17)18/h4-5H2,1-3H3,(H,16,17,18). The van der Waals surface area contributed by atoms with Crippen molar-refractivity contribution in [3.63, 3.8) is 0 Å². The lowest BCUT2D eigenvalue weighted by molar-refractivity contribution is -0.286. The fourth-order valence-electron chi connectivity index (χ4n) is 1.02. The number of rotatable bonds is 6. The zero-order valence-electron chi connectivity index (χ0n) is 10.8. The normalized spacial score (nSPS) is 15.5. The smallest absolute Gasteiger partial charge is 0.376 e. The average Bonchev–Trinajstić information content (AvgIpc) is 2.12. The molecular weight excluding hydrogens is 318 g/mol. The van der Waals surface area contributed by atoms with Gasteiger partial charge >= 0.3 is 27.2 Å². The van der Waals surface area contributed by atoms with Gasteiger partial charge in [-0.25, -0.2) is 0 Å². The first-order valence-corrected chi connectivity index (χ1v) is 6.64. The Morgan fingerprint density at radius 3 is 1.70 bits per heavy atom. The van der Waals surface area contributed by atoms with E-state index in [2.05, 4.69) is 4.74 Å². The van der Waals surface area contributed by atoms with Crippen LogP contribution in [0.3, 0.4) is 0 Å². The van der Waals surface area contributed by atoms with Crippen molar-refractivity contribution in [2.24, 2.45) is 0 Å². The Labute approximate surface area is 111 Å². The Kier molecular flexibility index (Phi) is 5.19. The summed E-state index contributed by atoms with van der Waals surface area (Å²) in [5.41, 5.74) is -0.975. The predicted molar refractivity (Wildman–Crippen MR) is 56.7 cm³/mol. The van der Waals surface area contributed by atoms with Gasteiger partial charge in [-0.2, -0.15) is 34.8 Å². The molecule has 0 atom stereocenters. The minimum absolute atomic E-state index is 0.975. The lowest BCUT2D eigenvalue weighted by Crippen LogP contribution is -2.58. The molecule has 0 heterocycles. The van der Waals surface area contributed by atoms with E-state index in [1.54, 1.807) is 0 Å². The third kappa shape index (κ3) is 3.98. The molecular formula is C9H14F6O4S. The van der Waals surface area contributed by atoms with Crippen LogP contribution in [0, 0.1) is 0 Å². The summed E-state index contributed by atoms with van der Waals surface area (Å²) in [6.45, 7) is 3.23. The fourth-order valence-corrected chi connectivity index (χ4v) is 1.49. The molecule has 122 valence electrons. The van der Waals surface area contributed by atoms with Crippen LogP contribution in [-0.4, -0.2) is 42.3 Å². The van der Waals surface area contributed by atoms with Crippen molar-refractivity contribution in [2.45, 2.75) is 49.9 Å². The Morgan fingerprint density at radius 1 is 1.00 bits per heavy atom.